The maximum atomic E-state index is 6.15. The van der Waals surface area contributed by atoms with Crippen LogP contribution in [0.3, 0.4) is 0 Å². The number of pyridine rings is 1. The van der Waals surface area contributed by atoms with Crippen LogP contribution in [0.25, 0.3) is 16.9 Å². The van der Waals surface area contributed by atoms with Gasteiger partial charge in [-0.1, -0.05) is 29.3 Å². The van der Waals surface area contributed by atoms with Crippen molar-refractivity contribution in [3.63, 3.8) is 0 Å². The first-order valence-electron chi connectivity index (χ1n) is 5.76. The molecule has 19 heavy (non-hydrogen) atoms. The second kappa shape index (κ2) is 4.44. The molecule has 0 unspecified atom stereocenters. The number of benzene rings is 1. The van der Waals surface area contributed by atoms with E-state index in [0.717, 1.165) is 16.8 Å². The van der Waals surface area contributed by atoms with Crippen LogP contribution in [0, 0.1) is 6.92 Å². The number of anilines is 1. The Balaban J connectivity index is 2.31. The Kier molecular flexibility index (Phi) is 2.88. The van der Waals surface area contributed by atoms with E-state index < -0.39 is 0 Å². The molecule has 0 saturated carbocycles. The minimum Gasteiger partial charge on any atom is -0.383 e. The predicted octanol–water partition coefficient (Wildman–Crippen LogP) is 4.20. The first-order chi connectivity index (χ1) is 9.06. The van der Waals surface area contributed by atoms with Gasteiger partial charge in [0.25, 0.3) is 0 Å². The molecule has 0 fully saturated rings. The third-order valence-corrected chi connectivity index (χ3v) is 3.45. The van der Waals surface area contributed by atoms with Crippen LogP contribution in [0.5, 0.6) is 0 Å². The summed E-state index contributed by atoms with van der Waals surface area (Å²) < 4.78 is 1.86. The number of fused-ring (bicyclic) bond motifs is 1. The van der Waals surface area contributed by atoms with Gasteiger partial charge in [-0.05, 0) is 36.8 Å². The lowest BCUT2D eigenvalue weighted by molar-refractivity contribution is 1.17. The molecule has 0 aliphatic heterocycles. The predicted molar refractivity (Wildman–Crippen MR) is 79.8 cm³/mol. The number of nitrogens with two attached hydrogens (primary N) is 1. The molecule has 0 aliphatic carbocycles. The molecule has 2 aromatic heterocycles. The highest BCUT2D eigenvalue weighted by molar-refractivity contribution is 6.35. The molecule has 0 bridgehead atoms. The normalized spacial score (nSPS) is 11.1. The maximum absolute atomic E-state index is 6.15. The lowest BCUT2D eigenvalue weighted by Crippen LogP contribution is -1.94. The third-order valence-electron chi connectivity index (χ3n) is 3.02. The van der Waals surface area contributed by atoms with Crippen molar-refractivity contribution in [1.29, 1.82) is 0 Å². The quantitative estimate of drug-likeness (QED) is 0.730. The minimum absolute atomic E-state index is 0.565. The van der Waals surface area contributed by atoms with Crippen LogP contribution in [0.15, 0.2) is 36.5 Å². The van der Waals surface area contributed by atoms with Crippen molar-refractivity contribution < 1.29 is 0 Å². The van der Waals surface area contributed by atoms with E-state index in [0.29, 0.717) is 21.6 Å². The SMILES string of the molecule is Cc1cccn2c(N)c(-c3cc(Cl)cc(Cl)c3)nc12. The molecule has 3 nitrogen and oxygen atoms in total. The van der Waals surface area contributed by atoms with Gasteiger partial charge >= 0.3 is 0 Å². The summed E-state index contributed by atoms with van der Waals surface area (Å²) in [5.74, 6) is 0.581. The number of nitrogen functional groups attached to an aromatic ring is 1. The molecular weight excluding hydrogens is 281 g/mol. The summed E-state index contributed by atoms with van der Waals surface area (Å²) in [5.41, 5.74) is 9.57. The van der Waals surface area contributed by atoms with Gasteiger partial charge in [0.15, 0.2) is 0 Å². The van der Waals surface area contributed by atoms with Gasteiger partial charge in [-0.2, -0.15) is 0 Å². The van der Waals surface area contributed by atoms with Crippen LogP contribution in [0.2, 0.25) is 10.0 Å². The first kappa shape index (κ1) is 12.3. The van der Waals surface area contributed by atoms with E-state index in [1.165, 1.54) is 0 Å². The topological polar surface area (TPSA) is 43.3 Å². The molecule has 1 aromatic carbocycles. The number of aromatic nitrogens is 2. The summed E-state index contributed by atoms with van der Waals surface area (Å²) in [6.07, 6.45) is 1.89. The Morgan fingerprint density at radius 3 is 2.47 bits per heavy atom. The Bertz CT molecular complexity index is 757. The molecule has 0 atom stereocenters. The van der Waals surface area contributed by atoms with E-state index in [9.17, 15) is 0 Å². The molecule has 3 aromatic rings. The zero-order chi connectivity index (χ0) is 13.6. The summed E-state index contributed by atoms with van der Waals surface area (Å²) in [7, 11) is 0. The van der Waals surface area contributed by atoms with Gasteiger partial charge in [-0.15, -0.1) is 0 Å². The molecule has 0 amide bonds. The van der Waals surface area contributed by atoms with E-state index in [2.05, 4.69) is 4.98 Å². The van der Waals surface area contributed by atoms with Crippen molar-refractivity contribution in [2.24, 2.45) is 0 Å². The van der Waals surface area contributed by atoms with Crippen LogP contribution < -0.4 is 5.73 Å². The number of imidazole rings is 1. The van der Waals surface area contributed by atoms with Crippen LogP contribution >= 0.6 is 23.2 Å². The number of halogens is 2. The van der Waals surface area contributed by atoms with Gasteiger partial charge in [0.05, 0.1) is 0 Å². The van der Waals surface area contributed by atoms with Gasteiger partial charge in [0, 0.05) is 21.8 Å². The summed E-state index contributed by atoms with van der Waals surface area (Å²) >= 11 is 12.0. The smallest absolute Gasteiger partial charge is 0.142 e. The Labute approximate surface area is 120 Å². The molecular formula is C14H11Cl2N3. The van der Waals surface area contributed by atoms with E-state index >= 15 is 0 Å². The third kappa shape index (κ3) is 2.05. The second-order valence-corrected chi connectivity index (χ2v) is 5.26. The largest absolute Gasteiger partial charge is 0.383 e. The van der Waals surface area contributed by atoms with E-state index in [-0.39, 0.29) is 0 Å². The highest BCUT2D eigenvalue weighted by Crippen LogP contribution is 2.31. The summed E-state index contributed by atoms with van der Waals surface area (Å²) in [6.45, 7) is 2.00. The average Bonchev–Trinajstić information content (AvgIpc) is 2.68. The summed E-state index contributed by atoms with van der Waals surface area (Å²) in [5, 5.41) is 1.13. The van der Waals surface area contributed by atoms with Gasteiger partial charge in [0.1, 0.15) is 17.2 Å². The van der Waals surface area contributed by atoms with Gasteiger partial charge < -0.3 is 5.73 Å². The Morgan fingerprint density at radius 2 is 1.84 bits per heavy atom. The number of nitrogens with zero attached hydrogens (tertiary/aromatic N) is 2. The number of hydrogen-bond donors (Lipinski definition) is 1. The molecule has 2 heterocycles. The second-order valence-electron chi connectivity index (χ2n) is 4.39. The van der Waals surface area contributed by atoms with Crippen molar-refractivity contribution in [3.8, 4) is 11.3 Å². The van der Waals surface area contributed by atoms with Crippen LogP contribution in [-0.4, -0.2) is 9.38 Å². The molecule has 5 heteroatoms. The van der Waals surface area contributed by atoms with E-state index in [4.69, 9.17) is 28.9 Å². The fourth-order valence-electron chi connectivity index (χ4n) is 2.13. The van der Waals surface area contributed by atoms with Crippen molar-refractivity contribution in [1.82, 2.24) is 9.38 Å². The van der Waals surface area contributed by atoms with Gasteiger partial charge in [-0.3, -0.25) is 4.40 Å². The van der Waals surface area contributed by atoms with E-state index in [1.807, 2.05) is 29.7 Å². The lowest BCUT2D eigenvalue weighted by atomic mass is 10.1. The van der Waals surface area contributed by atoms with Crippen molar-refractivity contribution >= 4 is 34.7 Å². The zero-order valence-electron chi connectivity index (χ0n) is 10.2. The number of aryl methyl sites for hydroxylation is 1. The number of hydrogen-bond acceptors (Lipinski definition) is 2. The molecule has 0 saturated heterocycles. The van der Waals surface area contributed by atoms with Crippen LogP contribution in [0.1, 0.15) is 5.56 Å². The Morgan fingerprint density at radius 1 is 1.16 bits per heavy atom. The first-order valence-corrected chi connectivity index (χ1v) is 6.51. The fourth-order valence-corrected chi connectivity index (χ4v) is 2.65. The van der Waals surface area contributed by atoms with Crippen molar-refractivity contribution in [3.05, 3.63) is 52.1 Å². The van der Waals surface area contributed by atoms with Crippen LogP contribution in [-0.2, 0) is 0 Å². The monoisotopic (exact) mass is 291 g/mol. The zero-order valence-corrected chi connectivity index (χ0v) is 11.7. The van der Waals surface area contributed by atoms with Gasteiger partial charge in [-0.25, -0.2) is 4.98 Å². The van der Waals surface area contributed by atoms with Crippen LogP contribution in [0.4, 0.5) is 5.82 Å². The van der Waals surface area contributed by atoms with E-state index in [1.54, 1.807) is 18.2 Å². The molecule has 96 valence electrons. The van der Waals surface area contributed by atoms with Crippen molar-refractivity contribution in [2.45, 2.75) is 6.92 Å². The summed E-state index contributed by atoms with van der Waals surface area (Å²) in [6, 6.07) is 9.23. The fraction of sp³-hybridized carbons (Fsp3) is 0.0714. The highest BCUT2D eigenvalue weighted by atomic mass is 35.5. The maximum Gasteiger partial charge on any atom is 0.142 e. The standard InChI is InChI=1S/C14H11Cl2N3/c1-8-3-2-4-19-13(17)12(18-14(8)19)9-5-10(15)7-11(16)6-9/h2-7H,17H2,1H3. The highest BCUT2D eigenvalue weighted by Gasteiger charge is 2.13. The van der Waals surface area contributed by atoms with Crippen molar-refractivity contribution in [2.75, 3.05) is 5.73 Å². The average molecular weight is 292 g/mol. The Hall–Kier alpha value is -1.71. The molecule has 2 N–H and O–H groups in total. The molecule has 0 aliphatic rings. The van der Waals surface area contributed by atoms with Gasteiger partial charge in [0.2, 0.25) is 0 Å². The molecule has 0 spiro atoms. The number of rotatable bonds is 1. The lowest BCUT2D eigenvalue weighted by Gasteiger charge is -2.01. The summed E-state index contributed by atoms with van der Waals surface area (Å²) in [4.78, 5) is 4.58. The molecule has 0 radical (unpaired) electrons. The molecule has 3 rings (SSSR count). The minimum atomic E-state index is 0.565.